The number of non-ortho nitro benzene ring substituents is 1. The minimum Gasteiger partial charge on any atom is -0.480 e. The zero-order chi connectivity index (χ0) is 19.1. The Kier molecular flexibility index (Phi) is 6.20. The number of nitrogens with zero attached hydrogens (tertiary/aromatic N) is 1. The van der Waals surface area contributed by atoms with Crippen molar-refractivity contribution in [2.45, 2.75) is 19.1 Å². The highest BCUT2D eigenvalue weighted by molar-refractivity contribution is 5.80. The molecule has 2 aromatic carbocycles. The van der Waals surface area contributed by atoms with Crippen molar-refractivity contribution in [3.8, 4) is 0 Å². The third kappa shape index (κ3) is 5.55. The largest absolute Gasteiger partial charge is 0.480 e. The van der Waals surface area contributed by atoms with E-state index in [1.165, 1.54) is 0 Å². The van der Waals surface area contributed by atoms with E-state index in [0.717, 1.165) is 23.8 Å². The molecule has 0 saturated carbocycles. The summed E-state index contributed by atoms with van der Waals surface area (Å²) in [4.78, 5) is 33.1. The maximum absolute atomic E-state index is 13.4. The molecule has 8 nitrogen and oxygen atoms in total. The number of carbonyl (C=O) groups is 2. The average Bonchev–Trinajstić information content (AvgIpc) is 2.59. The summed E-state index contributed by atoms with van der Waals surface area (Å²) in [7, 11) is 0. The van der Waals surface area contributed by atoms with Crippen LogP contribution in [0.5, 0.6) is 0 Å². The first-order chi connectivity index (χ1) is 12.3. The number of hydrogen-bond donors (Lipinski definition) is 2. The SMILES string of the molecule is O=C(NC(Cc1cc(F)cc([N+](=O)[O-])c1)C(=O)O)OCc1ccccc1. The number of nitrogens with one attached hydrogen (secondary N) is 1. The highest BCUT2D eigenvalue weighted by Crippen LogP contribution is 2.17. The van der Waals surface area contributed by atoms with Crippen LogP contribution in [0, 0.1) is 15.9 Å². The Morgan fingerprint density at radius 3 is 2.50 bits per heavy atom. The van der Waals surface area contributed by atoms with E-state index < -0.39 is 34.5 Å². The molecule has 0 spiro atoms. The van der Waals surface area contributed by atoms with E-state index in [-0.39, 0.29) is 18.6 Å². The van der Waals surface area contributed by atoms with Crippen LogP contribution < -0.4 is 5.32 Å². The molecule has 0 heterocycles. The van der Waals surface area contributed by atoms with E-state index >= 15 is 0 Å². The van der Waals surface area contributed by atoms with Gasteiger partial charge in [0.05, 0.1) is 11.0 Å². The van der Waals surface area contributed by atoms with Crippen molar-refractivity contribution in [1.29, 1.82) is 0 Å². The summed E-state index contributed by atoms with van der Waals surface area (Å²) in [5.41, 5.74) is 0.276. The molecule has 1 atom stereocenters. The van der Waals surface area contributed by atoms with Crippen molar-refractivity contribution >= 4 is 17.7 Å². The molecular formula is C17H15FN2O6. The number of aliphatic carboxylic acids is 1. The van der Waals surface area contributed by atoms with Crippen molar-refractivity contribution in [3.63, 3.8) is 0 Å². The van der Waals surface area contributed by atoms with Crippen molar-refractivity contribution in [2.24, 2.45) is 0 Å². The minimum absolute atomic E-state index is 0.0511. The third-order valence-electron chi connectivity index (χ3n) is 3.40. The molecule has 26 heavy (non-hydrogen) atoms. The topological polar surface area (TPSA) is 119 Å². The number of alkyl carbamates (subject to hydrolysis) is 1. The Labute approximate surface area is 147 Å². The van der Waals surface area contributed by atoms with E-state index in [1.807, 2.05) is 0 Å². The maximum Gasteiger partial charge on any atom is 0.408 e. The number of nitro benzene ring substituents is 1. The lowest BCUT2D eigenvalue weighted by Gasteiger charge is -2.15. The summed E-state index contributed by atoms with van der Waals surface area (Å²) >= 11 is 0. The summed E-state index contributed by atoms with van der Waals surface area (Å²) in [6.07, 6.45) is -1.30. The molecule has 0 radical (unpaired) electrons. The van der Waals surface area contributed by atoms with Gasteiger partial charge in [0, 0.05) is 12.5 Å². The number of carboxylic acids is 1. The number of hydrogen-bond acceptors (Lipinski definition) is 5. The summed E-state index contributed by atoms with van der Waals surface area (Å²) in [5, 5.41) is 22.1. The molecule has 0 bridgehead atoms. The number of rotatable bonds is 7. The third-order valence-corrected chi connectivity index (χ3v) is 3.40. The molecule has 0 aliphatic rings. The van der Waals surface area contributed by atoms with Crippen LogP contribution in [0.4, 0.5) is 14.9 Å². The Morgan fingerprint density at radius 1 is 1.19 bits per heavy atom. The van der Waals surface area contributed by atoms with Crippen LogP contribution in [0.15, 0.2) is 48.5 Å². The van der Waals surface area contributed by atoms with E-state index in [0.29, 0.717) is 0 Å². The molecule has 0 aliphatic heterocycles. The average molecular weight is 362 g/mol. The van der Waals surface area contributed by atoms with E-state index in [9.17, 15) is 29.2 Å². The molecule has 2 aromatic rings. The van der Waals surface area contributed by atoms with E-state index in [4.69, 9.17) is 4.74 Å². The number of benzene rings is 2. The second kappa shape index (κ2) is 8.56. The predicted octanol–water partition coefficient (Wildman–Crippen LogP) is 2.66. The lowest BCUT2D eigenvalue weighted by atomic mass is 10.1. The fraction of sp³-hybridized carbons (Fsp3) is 0.176. The van der Waals surface area contributed by atoms with Gasteiger partial charge in [-0.3, -0.25) is 10.1 Å². The number of carbonyl (C=O) groups excluding carboxylic acids is 1. The molecule has 0 saturated heterocycles. The Bertz CT molecular complexity index is 812. The Hall–Kier alpha value is -3.49. The molecule has 2 rings (SSSR count). The molecule has 9 heteroatoms. The number of nitro groups is 1. The number of amides is 1. The number of carboxylic acid groups (broad SMARTS) is 1. The molecule has 0 aliphatic carbocycles. The Balaban J connectivity index is 2.01. The van der Waals surface area contributed by atoms with Crippen LogP contribution in [-0.4, -0.2) is 28.1 Å². The van der Waals surface area contributed by atoms with Gasteiger partial charge >= 0.3 is 12.1 Å². The van der Waals surface area contributed by atoms with Gasteiger partial charge in [0.15, 0.2) is 0 Å². The summed E-state index contributed by atoms with van der Waals surface area (Å²) < 4.78 is 18.4. The smallest absolute Gasteiger partial charge is 0.408 e. The molecule has 1 amide bonds. The molecule has 0 aromatic heterocycles. The van der Waals surface area contributed by atoms with Gasteiger partial charge < -0.3 is 15.2 Å². The van der Waals surface area contributed by atoms with Crippen LogP contribution in [0.25, 0.3) is 0 Å². The lowest BCUT2D eigenvalue weighted by Crippen LogP contribution is -2.42. The normalized spacial score (nSPS) is 11.4. The first-order valence-corrected chi connectivity index (χ1v) is 7.49. The fourth-order valence-electron chi connectivity index (χ4n) is 2.20. The van der Waals surface area contributed by atoms with Crippen molar-refractivity contribution in [3.05, 3.63) is 75.6 Å². The van der Waals surface area contributed by atoms with Crippen LogP contribution >= 0.6 is 0 Å². The van der Waals surface area contributed by atoms with Gasteiger partial charge in [0.25, 0.3) is 5.69 Å². The van der Waals surface area contributed by atoms with Crippen LogP contribution in [-0.2, 0) is 22.6 Å². The molecule has 1 unspecified atom stereocenters. The van der Waals surface area contributed by atoms with Gasteiger partial charge in [0.2, 0.25) is 0 Å². The summed E-state index contributed by atoms with van der Waals surface area (Å²) in [5.74, 6) is -2.25. The van der Waals surface area contributed by atoms with Gasteiger partial charge in [-0.1, -0.05) is 30.3 Å². The van der Waals surface area contributed by atoms with E-state index in [2.05, 4.69) is 5.32 Å². The zero-order valence-electron chi connectivity index (χ0n) is 13.4. The molecular weight excluding hydrogens is 347 g/mol. The van der Waals surface area contributed by atoms with Gasteiger partial charge in [-0.2, -0.15) is 0 Å². The fourth-order valence-corrected chi connectivity index (χ4v) is 2.20. The minimum atomic E-state index is -1.43. The standard InChI is InChI=1S/C17H15FN2O6/c18-13-6-12(7-14(9-13)20(24)25)8-15(16(21)22)19-17(23)26-10-11-4-2-1-3-5-11/h1-7,9,15H,8,10H2,(H,19,23)(H,21,22). The highest BCUT2D eigenvalue weighted by atomic mass is 19.1. The van der Waals surface area contributed by atoms with Crippen LogP contribution in [0.1, 0.15) is 11.1 Å². The first kappa shape index (κ1) is 18.8. The highest BCUT2D eigenvalue weighted by Gasteiger charge is 2.22. The van der Waals surface area contributed by atoms with Gasteiger partial charge in [-0.25, -0.2) is 14.0 Å². The zero-order valence-corrected chi connectivity index (χ0v) is 13.4. The number of ether oxygens (including phenoxy) is 1. The summed E-state index contributed by atoms with van der Waals surface area (Å²) in [6, 6.07) is 10.1. The monoisotopic (exact) mass is 362 g/mol. The second-order valence-electron chi connectivity index (χ2n) is 5.38. The summed E-state index contributed by atoms with van der Waals surface area (Å²) in [6.45, 7) is -0.0511. The van der Waals surface area contributed by atoms with E-state index in [1.54, 1.807) is 30.3 Å². The van der Waals surface area contributed by atoms with Crippen molar-refractivity contribution < 1.29 is 28.7 Å². The van der Waals surface area contributed by atoms with Crippen LogP contribution in [0.2, 0.25) is 0 Å². The molecule has 136 valence electrons. The van der Waals surface area contributed by atoms with Gasteiger partial charge in [-0.05, 0) is 17.2 Å². The van der Waals surface area contributed by atoms with Gasteiger partial charge in [-0.15, -0.1) is 0 Å². The van der Waals surface area contributed by atoms with Crippen molar-refractivity contribution in [1.82, 2.24) is 5.32 Å². The molecule has 2 N–H and O–H groups in total. The van der Waals surface area contributed by atoms with Crippen molar-refractivity contribution in [2.75, 3.05) is 0 Å². The Morgan fingerprint density at radius 2 is 1.88 bits per heavy atom. The quantitative estimate of drug-likeness (QED) is 0.577. The predicted molar refractivity (Wildman–Crippen MR) is 87.9 cm³/mol. The number of halogens is 1. The van der Waals surface area contributed by atoms with Gasteiger partial charge in [0.1, 0.15) is 18.5 Å². The van der Waals surface area contributed by atoms with Crippen LogP contribution in [0.3, 0.4) is 0 Å². The first-order valence-electron chi connectivity index (χ1n) is 7.49. The molecule has 0 fully saturated rings. The maximum atomic E-state index is 13.4. The lowest BCUT2D eigenvalue weighted by molar-refractivity contribution is -0.385. The second-order valence-corrected chi connectivity index (χ2v) is 5.38.